The monoisotopic (exact) mass is 343 g/mol. The maximum atomic E-state index is 6.15. The fraction of sp³-hybridized carbons (Fsp3) is 0.250. The van der Waals surface area contributed by atoms with E-state index in [1.54, 1.807) is 12.1 Å². The Labute approximate surface area is 140 Å². The minimum atomic E-state index is -0.188. The van der Waals surface area contributed by atoms with E-state index < -0.39 is 0 Å². The molecule has 0 heterocycles. The van der Waals surface area contributed by atoms with Crippen molar-refractivity contribution in [1.82, 2.24) is 0 Å². The molecule has 0 N–H and O–H groups in total. The lowest BCUT2D eigenvalue weighted by Gasteiger charge is -2.30. The molecule has 2 nitrogen and oxygen atoms in total. The third kappa shape index (κ3) is 3.97. The number of nitrogens with zero attached hydrogens (tertiary/aromatic N) is 1. The summed E-state index contributed by atoms with van der Waals surface area (Å²) in [7, 11) is 0. The summed E-state index contributed by atoms with van der Waals surface area (Å²) in [6.07, 6.45) is -0.188. The highest BCUT2D eigenvalue weighted by molar-refractivity contribution is 6.43. The molecular formula is C16H16Cl3NO. The van der Waals surface area contributed by atoms with Crippen LogP contribution < -0.4 is 9.64 Å². The van der Waals surface area contributed by atoms with E-state index in [0.29, 0.717) is 20.8 Å². The minimum Gasteiger partial charge on any atom is -0.469 e. The number of hydrogen-bond acceptors (Lipinski definition) is 2. The van der Waals surface area contributed by atoms with Crippen LogP contribution in [0.15, 0.2) is 42.5 Å². The van der Waals surface area contributed by atoms with Gasteiger partial charge in [-0.3, -0.25) is 0 Å². The van der Waals surface area contributed by atoms with Crippen LogP contribution in [0.2, 0.25) is 15.1 Å². The Bertz CT molecular complexity index is 604. The zero-order chi connectivity index (χ0) is 15.4. The van der Waals surface area contributed by atoms with Crippen molar-refractivity contribution in [3.05, 3.63) is 57.5 Å². The van der Waals surface area contributed by atoms with Gasteiger partial charge in [-0.25, -0.2) is 0 Å². The number of rotatable bonds is 5. The Hall–Kier alpha value is -1.09. The van der Waals surface area contributed by atoms with E-state index in [2.05, 4.69) is 11.8 Å². The summed E-state index contributed by atoms with van der Waals surface area (Å²) >= 11 is 18.1. The van der Waals surface area contributed by atoms with Gasteiger partial charge in [0, 0.05) is 18.3 Å². The van der Waals surface area contributed by atoms with Crippen LogP contribution in [-0.4, -0.2) is 12.8 Å². The second-order valence-corrected chi connectivity index (χ2v) is 5.76. The Morgan fingerprint density at radius 2 is 1.62 bits per heavy atom. The van der Waals surface area contributed by atoms with Gasteiger partial charge in [0.25, 0.3) is 0 Å². The van der Waals surface area contributed by atoms with Crippen molar-refractivity contribution in [1.29, 1.82) is 0 Å². The summed E-state index contributed by atoms with van der Waals surface area (Å²) in [6.45, 7) is 4.85. The van der Waals surface area contributed by atoms with Crippen molar-refractivity contribution in [2.24, 2.45) is 0 Å². The molecule has 0 aliphatic heterocycles. The summed E-state index contributed by atoms with van der Waals surface area (Å²) in [5.41, 5.74) is 1.09. The Kier molecular flexibility index (Phi) is 5.63. The molecule has 0 bridgehead atoms. The summed E-state index contributed by atoms with van der Waals surface area (Å²) in [5.74, 6) is 0.521. The Morgan fingerprint density at radius 3 is 2.24 bits per heavy atom. The van der Waals surface area contributed by atoms with Crippen LogP contribution in [0, 0.1) is 0 Å². The molecule has 2 rings (SSSR count). The van der Waals surface area contributed by atoms with Crippen LogP contribution in [0.4, 0.5) is 5.69 Å². The predicted molar refractivity (Wildman–Crippen MR) is 91.0 cm³/mol. The fourth-order valence-electron chi connectivity index (χ4n) is 2.11. The summed E-state index contributed by atoms with van der Waals surface area (Å²) < 4.78 is 5.94. The first-order chi connectivity index (χ1) is 10.0. The highest BCUT2D eigenvalue weighted by Gasteiger charge is 2.16. The standard InChI is InChI=1S/C16H16Cl3NO/c1-3-20(12-7-5-4-6-8-12)11(2)21-16-10-14(18)13(17)9-15(16)19/h4-11H,3H2,1-2H3. The first-order valence-electron chi connectivity index (χ1n) is 6.65. The van der Waals surface area contributed by atoms with Gasteiger partial charge in [-0.2, -0.15) is 0 Å². The zero-order valence-corrected chi connectivity index (χ0v) is 14.1. The van der Waals surface area contributed by atoms with E-state index in [9.17, 15) is 0 Å². The maximum absolute atomic E-state index is 6.15. The molecule has 0 radical (unpaired) electrons. The molecule has 0 spiro atoms. The number of halogens is 3. The number of ether oxygens (including phenoxy) is 1. The van der Waals surface area contributed by atoms with Crippen LogP contribution in [-0.2, 0) is 0 Å². The van der Waals surface area contributed by atoms with Crippen molar-refractivity contribution in [3.63, 3.8) is 0 Å². The van der Waals surface area contributed by atoms with Crippen molar-refractivity contribution in [3.8, 4) is 5.75 Å². The van der Waals surface area contributed by atoms with Gasteiger partial charge in [-0.15, -0.1) is 0 Å². The quantitative estimate of drug-likeness (QED) is 0.494. The lowest BCUT2D eigenvalue weighted by molar-refractivity contribution is 0.216. The van der Waals surface area contributed by atoms with Crippen molar-refractivity contribution in [2.75, 3.05) is 11.4 Å². The maximum Gasteiger partial charge on any atom is 0.169 e. The normalized spacial score (nSPS) is 12.0. The lowest BCUT2D eigenvalue weighted by atomic mass is 10.3. The van der Waals surface area contributed by atoms with Crippen molar-refractivity contribution < 1.29 is 4.74 Å². The van der Waals surface area contributed by atoms with Crippen molar-refractivity contribution in [2.45, 2.75) is 20.1 Å². The molecule has 0 aliphatic rings. The first-order valence-corrected chi connectivity index (χ1v) is 7.79. The van der Waals surface area contributed by atoms with E-state index in [1.165, 1.54) is 0 Å². The molecule has 0 fully saturated rings. The Balaban J connectivity index is 2.20. The average molecular weight is 345 g/mol. The largest absolute Gasteiger partial charge is 0.469 e. The summed E-state index contributed by atoms with van der Waals surface area (Å²) in [4.78, 5) is 2.12. The average Bonchev–Trinajstić information content (AvgIpc) is 2.46. The summed E-state index contributed by atoms with van der Waals surface area (Å²) in [6, 6.07) is 13.3. The first kappa shape index (κ1) is 16.3. The number of benzene rings is 2. The smallest absolute Gasteiger partial charge is 0.169 e. The van der Waals surface area contributed by atoms with Crippen LogP contribution in [0.25, 0.3) is 0 Å². The lowest BCUT2D eigenvalue weighted by Crippen LogP contribution is -2.37. The molecular weight excluding hydrogens is 329 g/mol. The second-order valence-electron chi connectivity index (χ2n) is 4.54. The van der Waals surface area contributed by atoms with Crippen LogP contribution >= 0.6 is 34.8 Å². The highest BCUT2D eigenvalue weighted by Crippen LogP contribution is 2.34. The molecule has 0 aromatic heterocycles. The van der Waals surface area contributed by atoms with Gasteiger partial charge in [-0.05, 0) is 32.0 Å². The van der Waals surface area contributed by atoms with Crippen molar-refractivity contribution >= 4 is 40.5 Å². The topological polar surface area (TPSA) is 12.5 Å². The molecule has 0 aliphatic carbocycles. The van der Waals surface area contributed by atoms with Gasteiger partial charge in [0.05, 0.1) is 15.1 Å². The van der Waals surface area contributed by atoms with Gasteiger partial charge in [-0.1, -0.05) is 53.0 Å². The van der Waals surface area contributed by atoms with E-state index in [4.69, 9.17) is 39.5 Å². The van der Waals surface area contributed by atoms with E-state index in [0.717, 1.165) is 12.2 Å². The molecule has 1 unspecified atom stereocenters. The molecule has 2 aromatic carbocycles. The molecule has 21 heavy (non-hydrogen) atoms. The van der Waals surface area contributed by atoms with Gasteiger partial charge >= 0.3 is 0 Å². The summed E-state index contributed by atoms with van der Waals surface area (Å²) in [5, 5.41) is 1.28. The van der Waals surface area contributed by atoms with E-state index >= 15 is 0 Å². The van der Waals surface area contributed by atoms with Gasteiger partial charge < -0.3 is 9.64 Å². The third-order valence-electron chi connectivity index (χ3n) is 3.14. The molecule has 0 saturated heterocycles. The molecule has 0 saturated carbocycles. The van der Waals surface area contributed by atoms with Crippen LogP contribution in [0.3, 0.4) is 0 Å². The van der Waals surface area contributed by atoms with Crippen LogP contribution in [0.5, 0.6) is 5.75 Å². The predicted octanol–water partition coefficient (Wildman–Crippen LogP) is 5.90. The number of para-hydroxylation sites is 1. The van der Waals surface area contributed by atoms with Crippen LogP contribution in [0.1, 0.15) is 13.8 Å². The molecule has 5 heteroatoms. The second kappa shape index (κ2) is 7.26. The molecule has 112 valence electrons. The SMILES string of the molecule is CCN(c1ccccc1)C(C)Oc1cc(Cl)c(Cl)cc1Cl. The molecule has 0 amide bonds. The molecule has 2 aromatic rings. The molecule has 1 atom stereocenters. The number of anilines is 1. The fourth-order valence-corrected chi connectivity index (χ4v) is 2.69. The number of hydrogen-bond donors (Lipinski definition) is 0. The van der Waals surface area contributed by atoms with Gasteiger partial charge in [0.2, 0.25) is 0 Å². The highest BCUT2D eigenvalue weighted by atomic mass is 35.5. The van der Waals surface area contributed by atoms with Gasteiger partial charge in [0.15, 0.2) is 6.23 Å². The zero-order valence-electron chi connectivity index (χ0n) is 11.8. The Morgan fingerprint density at radius 1 is 1.00 bits per heavy atom. The third-order valence-corrected chi connectivity index (χ3v) is 4.16. The minimum absolute atomic E-state index is 0.188. The van der Waals surface area contributed by atoms with E-state index in [1.807, 2.05) is 37.3 Å². The van der Waals surface area contributed by atoms with Gasteiger partial charge in [0.1, 0.15) is 5.75 Å². The van der Waals surface area contributed by atoms with E-state index in [-0.39, 0.29) is 6.23 Å².